The molecule has 2 aromatic carbocycles. The van der Waals surface area contributed by atoms with Gasteiger partial charge < -0.3 is 15.5 Å². The van der Waals surface area contributed by atoms with Crippen LogP contribution in [0.4, 0.5) is 4.39 Å². The van der Waals surface area contributed by atoms with Gasteiger partial charge in [0.05, 0.1) is 10.6 Å². The summed E-state index contributed by atoms with van der Waals surface area (Å²) in [6.07, 6.45) is 0. The van der Waals surface area contributed by atoms with Gasteiger partial charge in [-0.15, -0.1) is 12.4 Å². The van der Waals surface area contributed by atoms with Crippen LogP contribution in [-0.2, 0) is 10.3 Å². The van der Waals surface area contributed by atoms with Crippen LogP contribution in [0.2, 0.25) is 5.02 Å². The van der Waals surface area contributed by atoms with Crippen LogP contribution in [-0.4, -0.2) is 47.8 Å². The molecule has 5 nitrogen and oxygen atoms in total. The van der Waals surface area contributed by atoms with Gasteiger partial charge in [0.2, 0.25) is 5.91 Å². The van der Waals surface area contributed by atoms with E-state index in [2.05, 4.69) is 0 Å². The highest BCUT2D eigenvalue weighted by atomic mass is 35.5. The van der Waals surface area contributed by atoms with E-state index in [0.717, 1.165) is 11.6 Å². The molecule has 0 radical (unpaired) electrons. The molecule has 2 N–H and O–H groups in total. The second-order valence-electron chi connectivity index (χ2n) is 6.78. The van der Waals surface area contributed by atoms with E-state index in [1.165, 1.54) is 12.1 Å². The standard InChI is InChI=1S/C20H21ClFN3O2.ClH/c1-20(23,14-5-3-2-4-6-14)19(27)25-11-9-24(10-12-25)18(26)16-8-7-15(22)13-17(16)21;/h2-8,13H,9-12,23H2,1H3;1H. The van der Waals surface area contributed by atoms with Crippen LogP contribution in [0.15, 0.2) is 48.5 Å². The largest absolute Gasteiger partial charge is 0.337 e. The molecule has 1 atom stereocenters. The highest BCUT2D eigenvalue weighted by Gasteiger charge is 2.36. The number of carbonyl (C=O) groups is 2. The van der Waals surface area contributed by atoms with E-state index in [1.54, 1.807) is 16.7 Å². The Labute approximate surface area is 174 Å². The summed E-state index contributed by atoms with van der Waals surface area (Å²) in [6.45, 7) is 3.18. The first-order valence-electron chi connectivity index (χ1n) is 8.69. The van der Waals surface area contributed by atoms with Crippen molar-refractivity contribution >= 4 is 35.8 Å². The lowest BCUT2D eigenvalue weighted by Gasteiger charge is -2.38. The molecule has 1 aliphatic rings. The van der Waals surface area contributed by atoms with Crippen LogP contribution in [0.5, 0.6) is 0 Å². The summed E-state index contributed by atoms with van der Waals surface area (Å²) >= 11 is 5.98. The van der Waals surface area contributed by atoms with Crippen LogP contribution in [0.1, 0.15) is 22.8 Å². The molecule has 1 fully saturated rings. The van der Waals surface area contributed by atoms with Crippen LogP contribution < -0.4 is 5.73 Å². The molecule has 1 saturated heterocycles. The molecule has 0 saturated carbocycles. The number of benzene rings is 2. The van der Waals surface area contributed by atoms with Crippen molar-refractivity contribution in [2.45, 2.75) is 12.5 Å². The fraction of sp³-hybridized carbons (Fsp3) is 0.300. The maximum Gasteiger partial charge on any atom is 0.255 e. The molecule has 28 heavy (non-hydrogen) atoms. The highest BCUT2D eigenvalue weighted by Crippen LogP contribution is 2.23. The van der Waals surface area contributed by atoms with Crippen LogP contribution >= 0.6 is 24.0 Å². The minimum absolute atomic E-state index is 0. The summed E-state index contributed by atoms with van der Waals surface area (Å²) in [7, 11) is 0. The zero-order valence-electron chi connectivity index (χ0n) is 15.4. The van der Waals surface area contributed by atoms with Crippen molar-refractivity contribution < 1.29 is 14.0 Å². The molecule has 150 valence electrons. The van der Waals surface area contributed by atoms with Gasteiger partial charge in [0.1, 0.15) is 11.4 Å². The quantitative estimate of drug-likeness (QED) is 0.821. The number of rotatable bonds is 3. The van der Waals surface area contributed by atoms with Crippen LogP contribution in [0, 0.1) is 5.82 Å². The normalized spacial score (nSPS) is 16.1. The molecule has 2 amide bonds. The van der Waals surface area contributed by atoms with Gasteiger partial charge in [-0.25, -0.2) is 4.39 Å². The lowest BCUT2D eigenvalue weighted by molar-refractivity contribution is -0.138. The molecule has 8 heteroatoms. The minimum Gasteiger partial charge on any atom is -0.337 e. The summed E-state index contributed by atoms with van der Waals surface area (Å²) in [6, 6.07) is 12.9. The van der Waals surface area contributed by atoms with Crippen molar-refractivity contribution in [2.24, 2.45) is 5.73 Å². The Bertz CT molecular complexity index is 854. The third-order valence-corrected chi connectivity index (χ3v) is 5.15. The molecule has 1 unspecified atom stereocenters. The SMILES string of the molecule is CC(N)(C(=O)N1CCN(C(=O)c2ccc(F)cc2Cl)CC1)c1ccccc1.Cl. The van der Waals surface area contributed by atoms with E-state index >= 15 is 0 Å². The van der Waals surface area contributed by atoms with Crippen molar-refractivity contribution in [1.29, 1.82) is 0 Å². The topological polar surface area (TPSA) is 66.6 Å². The maximum atomic E-state index is 13.2. The summed E-state index contributed by atoms with van der Waals surface area (Å²) in [4.78, 5) is 28.8. The van der Waals surface area contributed by atoms with E-state index in [9.17, 15) is 14.0 Å². The number of hydrogen-bond acceptors (Lipinski definition) is 3. The Morgan fingerprint density at radius 3 is 2.18 bits per heavy atom. The minimum atomic E-state index is -1.13. The number of nitrogens with two attached hydrogens (primary N) is 1. The monoisotopic (exact) mass is 425 g/mol. The van der Waals surface area contributed by atoms with Gasteiger partial charge in [0.15, 0.2) is 0 Å². The van der Waals surface area contributed by atoms with Gasteiger partial charge in [-0.05, 0) is 30.7 Å². The Morgan fingerprint density at radius 1 is 1.04 bits per heavy atom. The lowest BCUT2D eigenvalue weighted by Crippen LogP contribution is -2.57. The Balaban J connectivity index is 0.00000280. The molecule has 1 aliphatic heterocycles. The van der Waals surface area contributed by atoms with Crippen molar-refractivity contribution in [1.82, 2.24) is 9.80 Å². The zero-order valence-corrected chi connectivity index (χ0v) is 17.0. The van der Waals surface area contributed by atoms with Crippen molar-refractivity contribution in [3.63, 3.8) is 0 Å². The fourth-order valence-corrected chi connectivity index (χ4v) is 3.43. The number of piperazine rings is 1. The third-order valence-electron chi connectivity index (χ3n) is 4.83. The summed E-state index contributed by atoms with van der Waals surface area (Å²) in [5.74, 6) is -0.943. The van der Waals surface area contributed by atoms with Gasteiger partial charge in [-0.1, -0.05) is 41.9 Å². The van der Waals surface area contributed by atoms with Gasteiger partial charge in [0, 0.05) is 26.2 Å². The highest BCUT2D eigenvalue weighted by molar-refractivity contribution is 6.33. The molecule has 0 aromatic heterocycles. The van der Waals surface area contributed by atoms with E-state index in [-0.39, 0.29) is 34.8 Å². The van der Waals surface area contributed by atoms with E-state index in [0.29, 0.717) is 26.2 Å². The van der Waals surface area contributed by atoms with E-state index < -0.39 is 11.4 Å². The van der Waals surface area contributed by atoms with Crippen LogP contribution in [0.25, 0.3) is 0 Å². The van der Waals surface area contributed by atoms with Gasteiger partial charge >= 0.3 is 0 Å². The molecular formula is C20H22Cl2FN3O2. The van der Waals surface area contributed by atoms with Crippen molar-refractivity contribution in [2.75, 3.05) is 26.2 Å². The van der Waals surface area contributed by atoms with Gasteiger partial charge in [-0.3, -0.25) is 9.59 Å². The second kappa shape index (κ2) is 8.90. The first-order valence-corrected chi connectivity index (χ1v) is 9.06. The first-order chi connectivity index (χ1) is 12.8. The number of carbonyl (C=O) groups excluding carboxylic acids is 2. The molecule has 0 spiro atoms. The van der Waals surface area contributed by atoms with Crippen molar-refractivity contribution in [3.05, 3.63) is 70.5 Å². The number of hydrogen-bond donors (Lipinski definition) is 1. The molecule has 2 aromatic rings. The fourth-order valence-electron chi connectivity index (χ4n) is 3.18. The lowest BCUT2D eigenvalue weighted by atomic mass is 9.91. The third kappa shape index (κ3) is 4.46. The van der Waals surface area contributed by atoms with E-state index in [4.69, 9.17) is 17.3 Å². The second-order valence-corrected chi connectivity index (χ2v) is 7.18. The molecule has 0 bridgehead atoms. The Kier molecular flexibility index (Phi) is 7.04. The summed E-state index contributed by atoms with van der Waals surface area (Å²) in [5, 5.41) is 0.0807. The number of nitrogens with zero attached hydrogens (tertiary/aromatic N) is 2. The molecular weight excluding hydrogens is 404 g/mol. The zero-order chi connectivity index (χ0) is 19.6. The summed E-state index contributed by atoms with van der Waals surface area (Å²) < 4.78 is 13.2. The average Bonchev–Trinajstić information content (AvgIpc) is 2.68. The van der Waals surface area contributed by atoms with E-state index in [1.807, 2.05) is 30.3 Å². The number of halogens is 3. The average molecular weight is 426 g/mol. The molecule has 3 rings (SSSR count). The Morgan fingerprint density at radius 2 is 1.61 bits per heavy atom. The smallest absolute Gasteiger partial charge is 0.255 e. The predicted molar refractivity (Wildman–Crippen MR) is 109 cm³/mol. The molecule has 1 heterocycles. The first kappa shape index (κ1) is 22.1. The predicted octanol–water partition coefficient (Wildman–Crippen LogP) is 3.06. The van der Waals surface area contributed by atoms with Gasteiger partial charge in [-0.2, -0.15) is 0 Å². The van der Waals surface area contributed by atoms with Crippen molar-refractivity contribution in [3.8, 4) is 0 Å². The van der Waals surface area contributed by atoms with Crippen LogP contribution in [0.3, 0.4) is 0 Å². The Hall–Kier alpha value is -2.15. The van der Waals surface area contributed by atoms with Gasteiger partial charge in [0.25, 0.3) is 5.91 Å². The maximum absolute atomic E-state index is 13.2. The molecule has 0 aliphatic carbocycles. The summed E-state index contributed by atoms with van der Waals surface area (Å²) in [5.41, 5.74) is 6.17. The number of amides is 2.